The van der Waals surface area contributed by atoms with Crippen molar-refractivity contribution in [2.24, 2.45) is 0 Å². The molecule has 1 atom stereocenters. The summed E-state index contributed by atoms with van der Waals surface area (Å²) in [7, 11) is 0. The highest BCUT2D eigenvalue weighted by atomic mass is 32.1. The van der Waals surface area contributed by atoms with Crippen molar-refractivity contribution in [2.75, 3.05) is 19.6 Å². The van der Waals surface area contributed by atoms with Gasteiger partial charge in [-0.1, -0.05) is 19.3 Å². The lowest BCUT2D eigenvalue weighted by Gasteiger charge is -2.29. The number of rotatable bonds is 10. The summed E-state index contributed by atoms with van der Waals surface area (Å²) >= 11 is 0.653. The van der Waals surface area contributed by atoms with Crippen molar-refractivity contribution in [3.8, 4) is 11.3 Å². The third-order valence-electron chi connectivity index (χ3n) is 8.32. The number of hydrogen-bond donors (Lipinski definition) is 2. The number of aromatic nitrogens is 2. The van der Waals surface area contributed by atoms with E-state index in [1.54, 1.807) is 4.68 Å². The van der Waals surface area contributed by atoms with Crippen molar-refractivity contribution in [3.63, 3.8) is 0 Å². The van der Waals surface area contributed by atoms with Gasteiger partial charge in [0, 0.05) is 30.6 Å². The van der Waals surface area contributed by atoms with Gasteiger partial charge in [-0.05, 0) is 82.0 Å². The molecule has 0 spiro atoms. The maximum Gasteiger partial charge on any atom is 0.426 e. The third kappa shape index (κ3) is 7.03. The highest BCUT2D eigenvalue weighted by molar-refractivity contribution is 7.10. The van der Waals surface area contributed by atoms with E-state index in [0.29, 0.717) is 23.5 Å². The van der Waals surface area contributed by atoms with Crippen LogP contribution in [0.2, 0.25) is 0 Å². The number of thiophene rings is 1. The number of halogens is 3. The Morgan fingerprint density at radius 1 is 1.05 bits per heavy atom. The first-order valence-corrected chi connectivity index (χ1v) is 15.2. The second-order valence-electron chi connectivity index (χ2n) is 11.2. The van der Waals surface area contributed by atoms with Gasteiger partial charge in [-0.3, -0.25) is 14.3 Å². The van der Waals surface area contributed by atoms with E-state index in [9.17, 15) is 22.8 Å². The fraction of sp³-hybridized carbons (Fsp3) is 0.679. The van der Waals surface area contributed by atoms with Gasteiger partial charge in [0.05, 0.1) is 11.7 Å². The molecule has 2 saturated carbocycles. The molecule has 2 aromatic rings. The lowest BCUT2D eigenvalue weighted by molar-refractivity contribution is -0.133. The maximum atomic E-state index is 13.8. The van der Waals surface area contributed by atoms with Crippen LogP contribution in [0.3, 0.4) is 0 Å². The number of alkyl halides is 3. The first kappa shape index (κ1) is 28.1. The van der Waals surface area contributed by atoms with E-state index >= 15 is 0 Å². The Morgan fingerprint density at radius 3 is 2.46 bits per heavy atom. The highest BCUT2D eigenvalue weighted by Gasteiger charge is 2.37. The molecule has 5 rings (SSSR count). The third-order valence-corrected chi connectivity index (χ3v) is 9.28. The van der Waals surface area contributed by atoms with Crippen molar-refractivity contribution >= 4 is 23.2 Å². The van der Waals surface area contributed by atoms with Crippen LogP contribution < -0.4 is 10.6 Å². The predicted molar refractivity (Wildman–Crippen MR) is 145 cm³/mol. The molecular formula is C28H38F3N5O2S. The van der Waals surface area contributed by atoms with Crippen LogP contribution in [0.1, 0.15) is 98.5 Å². The molecule has 2 aliphatic carbocycles. The molecule has 1 aliphatic heterocycles. The SMILES string of the molecule is O=C(C[C@H](CCN1CCCCC1)NC(=O)c1cc(-c2ccsc2C(F)(F)F)n(C2CCCC2)n1)NC1CCC1. The summed E-state index contributed by atoms with van der Waals surface area (Å²) in [5.41, 5.74) is 0.485. The minimum Gasteiger partial charge on any atom is -0.353 e. The summed E-state index contributed by atoms with van der Waals surface area (Å²) in [4.78, 5) is 27.9. The van der Waals surface area contributed by atoms with Gasteiger partial charge in [0.2, 0.25) is 5.91 Å². The van der Waals surface area contributed by atoms with E-state index in [1.807, 2.05) is 0 Å². The van der Waals surface area contributed by atoms with E-state index in [-0.39, 0.29) is 41.7 Å². The molecule has 0 aromatic carbocycles. The molecule has 2 N–H and O–H groups in total. The minimum atomic E-state index is -4.48. The van der Waals surface area contributed by atoms with Crippen LogP contribution in [-0.4, -0.2) is 58.2 Å². The van der Waals surface area contributed by atoms with Gasteiger partial charge in [-0.25, -0.2) is 0 Å². The van der Waals surface area contributed by atoms with Gasteiger partial charge in [0.1, 0.15) is 4.88 Å². The zero-order valence-electron chi connectivity index (χ0n) is 22.3. The van der Waals surface area contributed by atoms with E-state index < -0.39 is 17.0 Å². The first-order valence-electron chi connectivity index (χ1n) is 14.3. The Hall–Kier alpha value is -2.40. The second-order valence-corrected chi connectivity index (χ2v) is 12.1. The van der Waals surface area contributed by atoms with Gasteiger partial charge in [0.15, 0.2) is 5.69 Å². The van der Waals surface area contributed by atoms with Crippen molar-refractivity contribution < 1.29 is 22.8 Å². The van der Waals surface area contributed by atoms with Gasteiger partial charge in [-0.2, -0.15) is 18.3 Å². The topological polar surface area (TPSA) is 79.3 Å². The molecule has 0 unspecified atom stereocenters. The number of carbonyl (C=O) groups is 2. The average Bonchev–Trinajstić information content (AvgIpc) is 3.64. The van der Waals surface area contributed by atoms with Gasteiger partial charge in [-0.15, -0.1) is 11.3 Å². The quantitative estimate of drug-likeness (QED) is 0.383. The van der Waals surface area contributed by atoms with E-state index in [0.717, 1.165) is 77.4 Å². The van der Waals surface area contributed by atoms with Gasteiger partial charge in [0.25, 0.3) is 5.91 Å². The summed E-state index contributed by atoms with van der Waals surface area (Å²) in [5, 5.41) is 12.1. The molecule has 2 amide bonds. The van der Waals surface area contributed by atoms with E-state index in [1.165, 1.54) is 23.9 Å². The zero-order chi connectivity index (χ0) is 27.4. The predicted octanol–water partition coefficient (Wildman–Crippen LogP) is 5.78. The summed E-state index contributed by atoms with van der Waals surface area (Å²) in [5.74, 6) is -0.522. The molecule has 0 bridgehead atoms. The molecule has 2 aromatic heterocycles. The van der Waals surface area contributed by atoms with Crippen LogP contribution in [0, 0.1) is 0 Å². The van der Waals surface area contributed by atoms with Gasteiger partial charge < -0.3 is 15.5 Å². The molecule has 0 radical (unpaired) electrons. The molecule has 11 heteroatoms. The van der Waals surface area contributed by atoms with Crippen LogP contribution >= 0.6 is 11.3 Å². The zero-order valence-corrected chi connectivity index (χ0v) is 23.1. The van der Waals surface area contributed by atoms with Gasteiger partial charge >= 0.3 is 6.18 Å². The molecular weight excluding hydrogens is 527 g/mol. The summed E-state index contributed by atoms with van der Waals surface area (Å²) in [6.45, 7) is 2.83. The number of carbonyl (C=O) groups excluding carboxylic acids is 2. The Bertz CT molecular complexity index is 1130. The lowest BCUT2D eigenvalue weighted by atomic mass is 9.93. The fourth-order valence-corrected chi connectivity index (χ4v) is 6.71. The maximum absolute atomic E-state index is 13.8. The van der Waals surface area contributed by atoms with Crippen LogP contribution in [0.5, 0.6) is 0 Å². The first-order chi connectivity index (χ1) is 18.8. The van der Waals surface area contributed by atoms with E-state index in [2.05, 4.69) is 20.6 Å². The number of nitrogens with one attached hydrogen (secondary N) is 2. The molecule has 1 saturated heterocycles. The van der Waals surface area contributed by atoms with Crippen LogP contribution in [0.4, 0.5) is 13.2 Å². The van der Waals surface area contributed by atoms with Crippen molar-refractivity contribution in [1.29, 1.82) is 0 Å². The number of likely N-dealkylation sites (tertiary alicyclic amines) is 1. The highest BCUT2D eigenvalue weighted by Crippen LogP contribution is 2.43. The van der Waals surface area contributed by atoms with Crippen LogP contribution in [-0.2, 0) is 11.0 Å². The molecule has 3 fully saturated rings. The Balaban J connectivity index is 1.34. The average molecular weight is 566 g/mol. The Morgan fingerprint density at radius 2 is 1.79 bits per heavy atom. The van der Waals surface area contributed by atoms with Crippen molar-refractivity contribution in [2.45, 2.75) is 101 Å². The largest absolute Gasteiger partial charge is 0.426 e. The van der Waals surface area contributed by atoms with Crippen molar-refractivity contribution in [3.05, 3.63) is 28.1 Å². The molecule has 214 valence electrons. The molecule has 39 heavy (non-hydrogen) atoms. The number of nitrogens with zero attached hydrogens (tertiary/aromatic N) is 3. The smallest absolute Gasteiger partial charge is 0.353 e. The summed E-state index contributed by atoms with van der Waals surface area (Å²) in [6.07, 6.45) is 6.56. The standard InChI is InChI=1S/C28H38F3N5O2S/c29-28(30,31)26-22(12-16-39-26)24-18-23(34-36(24)21-9-2-3-10-21)27(38)33-20(11-15-35-13-4-1-5-14-35)17-25(37)32-19-7-6-8-19/h12,16,18-21H,1-11,13-15,17H2,(H,32,37)(H,33,38)/t20-/m0/s1. The minimum absolute atomic E-state index is 0.0364. The van der Waals surface area contributed by atoms with E-state index in [4.69, 9.17) is 0 Å². The van der Waals surface area contributed by atoms with Crippen LogP contribution in [0.15, 0.2) is 17.5 Å². The lowest BCUT2D eigenvalue weighted by Crippen LogP contribution is -2.45. The fourth-order valence-electron chi connectivity index (χ4n) is 5.93. The second kappa shape index (κ2) is 12.4. The Kier molecular flexibility index (Phi) is 8.96. The van der Waals surface area contributed by atoms with Crippen LogP contribution in [0.25, 0.3) is 11.3 Å². The molecule has 3 heterocycles. The molecule has 3 aliphatic rings. The normalized spacial score (nSPS) is 20.1. The number of piperidine rings is 1. The van der Waals surface area contributed by atoms with Crippen molar-refractivity contribution in [1.82, 2.24) is 25.3 Å². The number of amides is 2. The summed E-state index contributed by atoms with van der Waals surface area (Å²) < 4.78 is 42.9. The summed E-state index contributed by atoms with van der Waals surface area (Å²) in [6, 6.07) is 2.75. The number of hydrogen-bond acceptors (Lipinski definition) is 5. The Labute approximate surface area is 231 Å². The monoisotopic (exact) mass is 565 g/mol. The molecule has 7 nitrogen and oxygen atoms in total.